The summed E-state index contributed by atoms with van der Waals surface area (Å²) in [6.07, 6.45) is 5.27. The molecule has 0 aliphatic heterocycles. The van der Waals surface area contributed by atoms with E-state index in [2.05, 4.69) is 0 Å². The molecule has 1 saturated carbocycles. The van der Waals surface area contributed by atoms with Crippen molar-refractivity contribution in [1.29, 1.82) is 0 Å². The molecule has 0 bridgehead atoms. The van der Waals surface area contributed by atoms with Crippen molar-refractivity contribution < 1.29 is 14.6 Å². The van der Waals surface area contributed by atoms with Crippen LogP contribution in [0.15, 0.2) is 24.3 Å². The fourth-order valence-electron chi connectivity index (χ4n) is 3.15. The molecule has 0 radical (unpaired) electrons. The number of nitrogens with two attached hydrogens (primary N) is 1. The van der Waals surface area contributed by atoms with Gasteiger partial charge >= 0.3 is 0 Å². The van der Waals surface area contributed by atoms with Crippen molar-refractivity contribution in [2.75, 3.05) is 7.11 Å². The predicted octanol–water partition coefficient (Wildman–Crippen LogP) is 2.20. The monoisotopic (exact) mass is 277 g/mol. The van der Waals surface area contributed by atoms with Gasteiger partial charge in [-0.05, 0) is 18.8 Å². The molecule has 0 heterocycles. The zero-order valence-corrected chi connectivity index (χ0v) is 11.9. The lowest BCUT2D eigenvalue weighted by Crippen LogP contribution is -2.53. The first-order valence-corrected chi connectivity index (χ1v) is 7.20. The smallest absolute Gasteiger partial charge is 0.169 e. The first kappa shape index (κ1) is 15.2. The van der Waals surface area contributed by atoms with Crippen LogP contribution in [0.4, 0.5) is 0 Å². The second kappa shape index (κ2) is 6.48. The largest absolute Gasteiger partial charge is 0.388 e. The van der Waals surface area contributed by atoms with E-state index in [-0.39, 0.29) is 5.92 Å². The van der Waals surface area contributed by atoms with Crippen LogP contribution in [0.3, 0.4) is 0 Å². The molecule has 0 unspecified atom stereocenters. The zero-order chi connectivity index (χ0) is 14.6. The summed E-state index contributed by atoms with van der Waals surface area (Å²) in [5.41, 5.74) is 6.02. The zero-order valence-electron chi connectivity index (χ0n) is 11.9. The highest BCUT2D eigenvalue weighted by Gasteiger charge is 2.42. The van der Waals surface area contributed by atoms with Crippen LogP contribution in [0, 0.1) is 5.92 Å². The molecule has 2 atom stereocenters. The Morgan fingerprint density at radius 3 is 2.60 bits per heavy atom. The summed E-state index contributed by atoms with van der Waals surface area (Å²) in [4.78, 5) is 11.2. The topological polar surface area (TPSA) is 72.5 Å². The Hall–Kier alpha value is -1.23. The third kappa shape index (κ3) is 2.77. The van der Waals surface area contributed by atoms with Gasteiger partial charge in [0.15, 0.2) is 5.72 Å². The normalized spacial score (nSPS) is 21.1. The molecule has 1 aromatic rings. The summed E-state index contributed by atoms with van der Waals surface area (Å²) < 4.78 is 5.45. The fraction of sp³-hybridized carbons (Fsp3) is 0.562. The molecule has 0 aromatic heterocycles. The molecule has 4 heteroatoms. The van der Waals surface area contributed by atoms with E-state index in [0.29, 0.717) is 11.1 Å². The highest BCUT2D eigenvalue weighted by molar-refractivity contribution is 5.77. The molecular formula is C16H23NO3. The molecule has 0 saturated heterocycles. The van der Waals surface area contributed by atoms with Gasteiger partial charge in [0.05, 0.1) is 0 Å². The van der Waals surface area contributed by atoms with Crippen LogP contribution in [0.5, 0.6) is 0 Å². The Bertz CT molecular complexity index is 457. The first-order valence-electron chi connectivity index (χ1n) is 7.20. The number of aldehydes is 1. The summed E-state index contributed by atoms with van der Waals surface area (Å²) in [5.74, 6) is 0.119. The van der Waals surface area contributed by atoms with E-state index in [0.717, 1.165) is 32.0 Å². The van der Waals surface area contributed by atoms with Gasteiger partial charge in [-0.3, -0.25) is 10.5 Å². The number of rotatable bonds is 5. The van der Waals surface area contributed by atoms with Crippen LogP contribution >= 0.6 is 0 Å². The highest BCUT2D eigenvalue weighted by atomic mass is 16.5. The number of ether oxygens (including phenoxy) is 1. The number of hydrogen-bond donors (Lipinski definition) is 2. The van der Waals surface area contributed by atoms with Crippen molar-refractivity contribution in [3.63, 3.8) is 0 Å². The van der Waals surface area contributed by atoms with Crippen molar-refractivity contribution in [2.45, 2.75) is 43.9 Å². The summed E-state index contributed by atoms with van der Waals surface area (Å²) in [5, 5.41) is 10.7. The highest BCUT2D eigenvalue weighted by Crippen LogP contribution is 2.36. The fourth-order valence-corrected chi connectivity index (χ4v) is 3.15. The third-order valence-corrected chi connectivity index (χ3v) is 4.38. The van der Waals surface area contributed by atoms with Gasteiger partial charge < -0.3 is 9.84 Å². The second-order valence-electron chi connectivity index (χ2n) is 5.55. The number of carbonyl (C=O) groups excluding carboxylic acids is 1. The number of methoxy groups -OCH3 is 1. The average molecular weight is 277 g/mol. The minimum Gasteiger partial charge on any atom is -0.388 e. The lowest BCUT2D eigenvalue weighted by atomic mass is 9.78. The maximum atomic E-state index is 11.2. The summed E-state index contributed by atoms with van der Waals surface area (Å²) in [7, 11) is 1.48. The second-order valence-corrected chi connectivity index (χ2v) is 5.55. The van der Waals surface area contributed by atoms with Gasteiger partial charge in [-0.2, -0.15) is 0 Å². The number of aliphatic hydroxyl groups is 1. The third-order valence-electron chi connectivity index (χ3n) is 4.38. The van der Waals surface area contributed by atoms with Gasteiger partial charge in [0, 0.05) is 18.2 Å². The average Bonchev–Trinajstić information content (AvgIpc) is 2.54. The molecule has 1 aliphatic carbocycles. The lowest BCUT2D eigenvalue weighted by molar-refractivity contribution is -0.132. The number of benzene rings is 1. The Labute approximate surface area is 119 Å². The van der Waals surface area contributed by atoms with Gasteiger partial charge in [0.2, 0.25) is 0 Å². The number of aliphatic hydroxyl groups excluding tert-OH is 1. The summed E-state index contributed by atoms with van der Waals surface area (Å²) in [6.45, 7) is 0. The van der Waals surface area contributed by atoms with Crippen LogP contribution in [-0.2, 0) is 10.5 Å². The molecule has 3 N–H and O–H groups in total. The van der Waals surface area contributed by atoms with Crippen molar-refractivity contribution in [1.82, 2.24) is 0 Å². The van der Waals surface area contributed by atoms with E-state index in [1.165, 1.54) is 13.5 Å². The number of carbonyl (C=O) groups is 1. The Morgan fingerprint density at radius 1 is 1.35 bits per heavy atom. The van der Waals surface area contributed by atoms with Gasteiger partial charge in [0.25, 0.3) is 0 Å². The van der Waals surface area contributed by atoms with Crippen LogP contribution in [0.1, 0.15) is 48.0 Å². The molecule has 1 aliphatic rings. The molecule has 110 valence electrons. The van der Waals surface area contributed by atoms with E-state index < -0.39 is 11.8 Å². The van der Waals surface area contributed by atoms with Crippen LogP contribution in [0.2, 0.25) is 0 Å². The van der Waals surface area contributed by atoms with E-state index in [9.17, 15) is 9.90 Å². The molecular weight excluding hydrogens is 254 g/mol. The molecule has 1 fully saturated rings. The van der Waals surface area contributed by atoms with E-state index in [1.54, 1.807) is 24.3 Å². The molecule has 0 spiro atoms. The van der Waals surface area contributed by atoms with E-state index >= 15 is 0 Å². The minimum absolute atomic E-state index is 0.119. The molecule has 20 heavy (non-hydrogen) atoms. The van der Waals surface area contributed by atoms with Gasteiger partial charge in [-0.1, -0.05) is 43.5 Å². The Balaban J connectivity index is 2.33. The molecule has 4 nitrogen and oxygen atoms in total. The van der Waals surface area contributed by atoms with Crippen LogP contribution < -0.4 is 5.73 Å². The maximum Gasteiger partial charge on any atom is 0.169 e. The van der Waals surface area contributed by atoms with Crippen molar-refractivity contribution in [2.24, 2.45) is 11.7 Å². The quantitative estimate of drug-likeness (QED) is 0.639. The van der Waals surface area contributed by atoms with Gasteiger partial charge in [0.1, 0.15) is 12.4 Å². The van der Waals surface area contributed by atoms with Crippen molar-refractivity contribution >= 4 is 6.29 Å². The van der Waals surface area contributed by atoms with Crippen LogP contribution in [0.25, 0.3) is 0 Å². The van der Waals surface area contributed by atoms with Crippen molar-refractivity contribution in [3.05, 3.63) is 35.4 Å². The molecule has 2 rings (SSSR count). The molecule has 1 aromatic carbocycles. The predicted molar refractivity (Wildman–Crippen MR) is 77.3 cm³/mol. The number of hydrogen-bond acceptors (Lipinski definition) is 4. The Kier molecular flexibility index (Phi) is 4.91. The van der Waals surface area contributed by atoms with Crippen LogP contribution in [-0.4, -0.2) is 24.6 Å². The minimum atomic E-state index is -1.33. The summed E-state index contributed by atoms with van der Waals surface area (Å²) >= 11 is 0. The molecule has 0 amide bonds. The Morgan fingerprint density at radius 2 is 2.00 bits per heavy atom. The lowest BCUT2D eigenvalue weighted by Gasteiger charge is -2.39. The maximum absolute atomic E-state index is 11.2. The first-order chi connectivity index (χ1) is 9.63. The van der Waals surface area contributed by atoms with Gasteiger partial charge in [-0.15, -0.1) is 0 Å². The van der Waals surface area contributed by atoms with E-state index in [1.807, 2.05) is 0 Å². The SMILES string of the molecule is CO[C@](N)(c1ccccc1C=O)[C@H](O)C1CCCCC1. The van der Waals surface area contributed by atoms with Gasteiger partial charge in [-0.25, -0.2) is 0 Å². The standard InChI is InChI=1S/C16H23NO3/c1-20-16(17,14-10-6-5-9-13(14)11-18)15(19)12-7-3-2-4-8-12/h5-6,9-12,15,19H,2-4,7-8,17H2,1H3/t15-,16-/m1/s1. The summed E-state index contributed by atoms with van der Waals surface area (Å²) in [6, 6.07) is 7.02. The van der Waals surface area contributed by atoms with E-state index in [4.69, 9.17) is 10.5 Å². The van der Waals surface area contributed by atoms with Crippen molar-refractivity contribution in [3.8, 4) is 0 Å².